The molecule has 0 N–H and O–H groups in total. The van der Waals surface area contributed by atoms with E-state index in [1.54, 1.807) is 4.57 Å². The summed E-state index contributed by atoms with van der Waals surface area (Å²) in [7, 11) is 0. The summed E-state index contributed by atoms with van der Waals surface area (Å²) < 4.78 is 7.57. The Labute approximate surface area is 160 Å². The van der Waals surface area contributed by atoms with Gasteiger partial charge in [-0.05, 0) is 64.1 Å². The first-order valence-electron chi connectivity index (χ1n) is 9.87. The normalized spacial score (nSPS) is 22.7. The lowest BCUT2D eigenvalue weighted by atomic mass is 9.81. The van der Waals surface area contributed by atoms with Crippen molar-refractivity contribution in [2.45, 2.75) is 58.1 Å². The SMILES string of the molecule is CC(C)(C)OC(=O)n1c2c(c3ccccc31)CCN1CCC[C@@H](CC#N)[C@H]21. The van der Waals surface area contributed by atoms with Gasteiger partial charge in [0.2, 0.25) is 0 Å². The summed E-state index contributed by atoms with van der Waals surface area (Å²) in [5.74, 6) is 0.258. The summed E-state index contributed by atoms with van der Waals surface area (Å²) >= 11 is 0. The molecule has 1 aromatic carbocycles. The van der Waals surface area contributed by atoms with Gasteiger partial charge in [0.15, 0.2) is 0 Å². The number of benzene rings is 1. The van der Waals surface area contributed by atoms with Crippen molar-refractivity contribution in [2.75, 3.05) is 13.1 Å². The Bertz CT molecular complexity index is 916. The van der Waals surface area contributed by atoms with E-state index in [0.717, 1.165) is 48.9 Å². The van der Waals surface area contributed by atoms with E-state index in [1.165, 1.54) is 5.56 Å². The standard InChI is InChI=1S/C22H27N3O2/c1-22(2,3)27-21(26)25-18-9-5-4-8-16(18)17-11-14-24-13-6-7-15(10-12-23)19(24)20(17)25/h4-5,8-9,15,19H,6-7,10-11,13-14H2,1-3H3/t15-,19+/m0/s1. The number of ether oxygens (including phenoxy) is 1. The van der Waals surface area contributed by atoms with Gasteiger partial charge in [-0.1, -0.05) is 18.2 Å². The average Bonchev–Trinajstić information content (AvgIpc) is 2.95. The number of para-hydroxylation sites is 1. The van der Waals surface area contributed by atoms with E-state index in [4.69, 9.17) is 4.74 Å². The molecule has 0 aliphatic carbocycles. The van der Waals surface area contributed by atoms with Crippen molar-refractivity contribution in [3.8, 4) is 6.07 Å². The Hall–Kier alpha value is -2.32. The highest BCUT2D eigenvalue weighted by atomic mass is 16.6. The molecule has 0 unspecified atom stereocenters. The van der Waals surface area contributed by atoms with E-state index in [2.05, 4.69) is 17.0 Å². The van der Waals surface area contributed by atoms with Crippen LogP contribution >= 0.6 is 0 Å². The van der Waals surface area contributed by atoms with Gasteiger partial charge in [-0.15, -0.1) is 0 Å². The summed E-state index contributed by atoms with van der Waals surface area (Å²) in [6, 6.07) is 10.6. The number of piperidine rings is 1. The maximum Gasteiger partial charge on any atom is 0.419 e. The highest BCUT2D eigenvalue weighted by Crippen LogP contribution is 2.45. The molecule has 5 nitrogen and oxygen atoms in total. The lowest BCUT2D eigenvalue weighted by Gasteiger charge is -2.44. The number of hydrogen-bond donors (Lipinski definition) is 0. The fourth-order valence-corrected chi connectivity index (χ4v) is 4.79. The quantitative estimate of drug-likeness (QED) is 0.738. The first kappa shape index (κ1) is 18.1. The number of fused-ring (bicyclic) bond motifs is 5. The lowest BCUT2D eigenvalue weighted by Crippen LogP contribution is -2.44. The van der Waals surface area contributed by atoms with Gasteiger partial charge in [-0.2, -0.15) is 5.26 Å². The fraction of sp³-hybridized carbons (Fsp3) is 0.545. The average molecular weight is 365 g/mol. The van der Waals surface area contributed by atoms with Gasteiger partial charge >= 0.3 is 6.09 Å². The smallest absolute Gasteiger partial charge is 0.419 e. The molecule has 3 heterocycles. The Kier molecular flexibility index (Phi) is 4.47. The molecule has 0 spiro atoms. The number of aromatic nitrogens is 1. The lowest BCUT2D eigenvalue weighted by molar-refractivity contribution is 0.0482. The Balaban J connectivity index is 1.92. The maximum absolute atomic E-state index is 13.2. The van der Waals surface area contributed by atoms with Gasteiger partial charge in [0.1, 0.15) is 5.60 Å². The molecular formula is C22H27N3O2. The minimum atomic E-state index is -0.553. The largest absolute Gasteiger partial charge is 0.443 e. The van der Waals surface area contributed by atoms with Crippen molar-refractivity contribution < 1.29 is 9.53 Å². The van der Waals surface area contributed by atoms with Gasteiger partial charge in [-0.25, -0.2) is 9.36 Å². The van der Waals surface area contributed by atoms with Crippen LogP contribution < -0.4 is 0 Å². The Morgan fingerprint density at radius 3 is 2.81 bits per heavy atom. The van der Waals surface area contributed by atoms with Crippen molar-refractivity contribution in [2.24, 2.45) is 5.92 Å². The minimum absolute atomic E-state index is 0.113. The van der Waals surface area contributed by atoms with Gasteiger partial charge in [0, 0.05) is 18.4 Å². The van der Waals surface area contributed by atoms with Crippen LogP contribution in [0.5, 0.6) is 0 Å². The molecule has 2 aromatic rings. The topological polar surface area (TPSA) is 58.3 Å². The van der Waals surface area contributed by atoms with Crippen molar-refractivity contribution in [3.05, 3.63) is 35.5 Å². The first-order chi connectivity index (χ1) is 12.9. The number of nitriles is 1. The molecule has 1 fully saturated rings. The summed E-state index contributed by atoms with van der Waals surface area (Å²) in [5, 5.41) is 10.5. The van der Waals surface area contributed by atoms with Crippen LogP contribution in [-0.4, -0.2) is 34.3 Å². The molecule has 4 rings (SSSR count). The number of carbonyl (C=O) groups excluding carboxylic acids is 1. The number of carbonyl (C=O) groups is 1. The van der Waals surface area contributed by atoms with Crippen molar-refractivity contribution in [3.63, 3.8) is 0 Å². The molecule has 1 aromatic heterocycles. The highest BCUT2D eigenvalue weighted by Gasteiger charge is 2.41. The van der Waals surface area contributed by atoms with Gasteiger partial charge < -0.3 is 4.74 Å². The summed E-state index contributed by atoms with van der Waals surface area (Å²) in [6.07, 6.45) is 3.29. The highest BCUT2D eigenvalue weighted by molar-refractivity contribution is 5.94. The number of rotatable bonds is 1. The second-order valence-electron chi connectivity index (χ2n) is 8.69. The molecule has 1 saturated heterocycles. The number of hydrogen-bond acceptors (Lipinski definition) is 4. The summed E-state index contributed by atoms with van der Waals surface area (Å²) in [4.78, 5) is 15.7. The Morgan fingerprint density at radius 1 is 1.30 bits per heavy atom. The minimum Gasteiger partial charge on any atom is -0.443 e. The van der Waals surface area contributed by atoms with Crippen LogP contribution in [0.4, 0.5) is 4.79 Å². The van der Waals surface area contributed by atoms with Crippen LogP contribution in [0.25, 0.3) is 10.9 Å². The number of nitrogens with zero attached hydrogens (tertiary/aromatic N) is 3. The van der Waals surface area contributed by atoms with Crippen LogP contribution in [0.2, 0.25) is 0 Å². The fourth-order valence-electron chi connectivity index (χ4n) is 4.79. The molecule has 0 saturated carbocycles. The van der Waals surface area contributed by atoms with Crippen LogP contribution in [-0.2, 0) is 11.2 Å². The third-order valence-corrected chi connectivity index (χ3v) is 5.74. The van der Waals surface area contributed by atoms with E-state index in [1.807, 2.05) is 39.0 Å². The predicted octanol–water partition coefficient (Wildman–Crippen LogP) is 4.65. The Morgan fingerprint density at radius 2 is 2.07 bits per heavy atom. The second kappa shape index (κ2) is 6.69. The van der Waals surface area contributed by atoms with E-state index >= 15 is 0 Å². The summed E-state index contributed by atoms with van der Waals surface area (Å²) in [5.41, 5.74) is 2.67. The van der Waals surface area contributed by atoms with Crippen molar-refractivity contribution in [1.29, 1.82) is 5.26 Å². The van der Waals surface area contributed by atoms with Crippen LogP contribution in [0.1, 0.15) is 57.3 Å². The summed E-state index contributed by atoms with van der Waals surface area (Å²) in [6.45, 7) is 7.71. The second-order valence-corrected chi connectivity index (χ2v) is 8.69. The van der Waals surface area contributed by atoms with Crippen LogP contribution in [0, 0.1) is 17.2 Å². The third kappa shape index (κ3) is 3.12. The molecular weight excluding hydrogens is 338 g/mol. The molecule has 2 aliphatic rings. The van der Waals surface area contributed by atoms with Crippen molar-refractivity contribution >= 4 is 17.0 Å². The zero-order chi connectivity index (χ0) is 19.2. The molecule has 0 bridgehead atoms. The van der Waals surface area contributed by atoms with Gasteiger partial charge in [0.25, 0.3) is 0 Å². The molecule has 2 aliphatic heterocycles. The van der Waals surface area contributed by atoms with Gasteiger partial charge in [-0.3, -0.25) is 4.90 Å². The molecule has 5 heteroatoms. The molecule has 27 heavy (non-hydrogen) atoms. The molecule has 0 radical (unpaired) electrons. The van der Waals surface area contributed by atoms with Crippen LogP contribution in [0.15, 0.2) is 24.3 Å². The molecule has 142 valence electrons. The van der Waals surface area contributed by atoms with E-state index in [-0.39, 0.29) is 18.1 Å². The predicted molar refractivity (Wildman–Crippen MR) is 105 cm³/mol. The zero-order valence-corrected chi connectivity index (χ0v) is 16.4. The van der Waals surface area contributed by atoms with Crippen molar-refractivity contribution in [1.82, 2.24) is 9.47 Å². The molecule has 2 atom stereocenters. The zero-order valence-electron chi connectivity index (χ0n) is 16.4. The monoisotopic (exact) mass is 365 g/mol. The first-order valence-corrected chi connectivity index (χ1v) is 9.87. The van der Waals surface area contributed by atoms with E-state index in [9.17, 15) is 10.1 Å². The van der Waals surface area contributed by atoms with Crippen LogP contribution in [0.3, 0.4) is 0 Å². The van der Waals surface area contributed by atoms with E-state index < -0.39 is 5.60 Å². The molecule has 0 amide bonds. The van der Waals surface area contributed by atoms with Gasteiger partial charge in [0.05, 0.1) is 23.3 Å². The van der Waals surface area contributed by atoms with E-state index in [0.29, 0.717) is 6.42 Å². The maximum atomic E-state index is 13.2. The third-order valence-electron chi connectivity index (χ3n) is 5.74.